The molecular formula is C21H26FNO3. The van der Waals surface area contributed by atoms with Gasteiger partial charge in [0.05, 0.1) is 12.2 Å². The quantitative estimate of drug-likeness (QED) is 0.813. The number of carboxylic acid groups (broad SMARTS) is 1. The summed E-state index contributed by atoms with van der Waals surface area (Å²) in [6, 6.07) is 8.10. The van der Waals surface area contributed by atoms with Crippen molar-refractivity contribution in [1.29, 1.82) is 0 Å². The van der Waals surface area contributed by atoms with E-state index in [-0.39, 0.29) is 24.5 Å². The third-order valence-electron chi connectivity index (χ3n) is 6.87. The summed E-state index contributed by atoms with van der Waals surface area (Å²) in [5, 5.41) is 9.62. The van der Waals surface area contributed by atoms with Gasteiger partial charge >= 0.3 is 5.97 Å². The molecule has 4 saturated carbocycles. The van der Waals surface area contributed by atoms with Crippen molar-refractivity contribution in [3.05, 3.63) is 41.7 Å². The molecule has 4 aliphatic carbocycles. The molecule has 4 bridgehead atoms. The van der Waals surface area contributed by atoms with E-state index in [0.29, 0.717) is 35.4 Å². The van der Waals surface area contributed by atoms with E-state index in [0.717, 1.165) is 25.7 Å². The van der Waals surface area contributed by atoms with Crippen molar-refractivity contribution in [1.82, 2.24) is 0 Å². The highest BCUT2D eigenvalue weighted by Gasteiger charge is 2.57. The van der Waals surface area contributed by atoms with E-state index < -0.39 is 5.97 Å². The maximum absolute atomic E-state index is 12.6. The second-order valence-corrected chi connectivity index (χ2v) is 8.40. The van der Waals surface area contributed by atoms with Gasteiger partial charge in [-0.15, -0.1) is 0 Å². The molecule has 5 rings (SSSR count). The van der Waals surface area contributed by atoms with Crippen LogP contribution >= 0.6 is 0 Å². The highest BCUT2D eigenvalue weighted by molar-refractivity contribution is 5.71. The fourth-order valence-electron chi connectivity index (χ4n) is 6.00. The van der Waals surface area contributed by atoms with E-state index in [4.69, 9.17) is 10.5 Å². The van der Waals surface area contributed by atoms with Crippen molar-refractivity contribution in [2.24, 2.45) is 29.4 Å². The first kappa shape index (κ1) is 17.5. The van der Waals surface area contributed by atoms with Gasteiger partial charge in [0.2, 0.25) is 0 Å². The van der Waals surface area contributed by atoms with Gasteiger partial charge in [-0.05, 0) is 73.0 Å². The number of nitrogens with two attached hydrogens (primary N) is 1. The van der Waals surface area contributed by atoms with Gasteiger partial charge in [-0.25, -0.2) is 4.39 Å². The van der Waals surface area contributed by atoms with Crippen LogP contribution < -0.4 is 10.5 Å². The molecule has 0 heterocycles. The zero-order valence-electron chi connectivity index (χ0n) is 14.9. The number of hydrogen-bond donors (Lipinski definition) is 2. The van der Waals surface area contributed by atoms with Gasteiger partial charge in [0, 0.05) is 12.1 Å². The van der Waals surface area contributed by atoms with Crippen LogP contribution in [0.15, 0.2) is 36.2 Å². The van der Waals surface area contributed by atoms with Crippen molar-refractivity contribution >= 4 is 5.97 Å². The summed E-state index contributed by atoms with van der Waals surface area (Å²) in [5.74, 6) is 1.25. The lowest BCUT2D eigenvalue weighted by molar-refractivity contribution is -0.157. The number of hydrogen-bond acceptors (Lipinski definition) is 3. The van der Waals surface area contributed by atoms with Crippen LogP contribution in [0.25, 0.3) is 0 Å². The van der Waals surface area contributed by atoms with E-state index in [1.165, 1.54) is 12.0 Å². The first-order valence-corrected chi connectivity index (χ1v) is 9.49. The molecule has 140 valence electrons. The molecule has 0 aliphatic heterocycles. The fraction of sp³-hybridized carbons (Fsp3) is 0.571. The molecule has 5 heteroatoms. The number of halogens is 1. The molecule has 2 unspecified atom stereocenters. The maximum atomic E-state index is 12.6. The highest BCUT2D eigenvalue weighted by Crippen LogP contribution is 2.62. The zero-order valence-corrected chi connectivity index (χ0v) is 14.9. The Morgan fingerprint density at radius 3 is 2.42 bits per heavy atom. The molecule has 0 aromatic heterocycles. The predicted octanol–water partition coefficient (Wildman–Crippen LogP) is 3.66. The van der Waals surface area contributed by atoms with Crippen LogP contribution in [0.3, 0.4) is 0 Å². The Bertz CT molecular complexity index is 698. The minimum Gasteiger partial charge on any atom is -0.489 e. The fourth-order valence-corrected chi connectivity index (χ4v) is 6.00. The van der Waals surface area contributed by atoms with Crippen LogP contribution in [0.5, 0.6) is 5.75 Å². The van der Waals surface area contributed by atoms with Crippen molar-refractivity contribution in [2.75, 3.05) is 13.2 Å². The third kappa shape index (κ3) is 2.92. The Hall–Kier alpha value is -1.88. The lowest BCUT2D eigenvalue weighted by atomic mass is 9.45. The van der Waals surface area contributed by atoms with Gasteiger partial charge in [-0.1, -0.05) is 12.1 Å². The Morgan fingerprint density at radius 1 is 1.23 bits per heavy atom. The van der Waals surface area contributed by atoms with Crippen LogP contribution in [0, 0.1) is 23.7 Å². The maximum Gasteiger partial charge on any atom is 0.307 e. The zero-order chi connectivity index (χ0) is 18.3. The largest absolute Gasteiger partial charge is 0.489 e. The van der Waals surface area contributed by atoms with Crippen molar-refractivity contribution in [3.63, 3.8) is 0 Å². The normalized spacial score (nSPS) is 35.5. The molecule has 3 N–H and O–H groups in total. The molecule has 0 amide bonds. The number of ether oxygens (including phenoxy) is 1. The SMILES string of the molecule is NC/C(=C\F)COc1ccc(C23CC4CC(C2)C(C(=O)O)C(C4)C3)cc1. The number of carbonyl (C=O) groups is 1. The lowest BCUT2D eigenvalue weighted by Gasteiger charge is -2.59. The summed E-state index contributed by atoms with van der Waals surface area (Å²) in [6.45, 7) is 0.302. The molecule has 4 aliphatic rings. The van der Waals surface area contributed by atoms with E-state index in [1.54, 1.807) is 0 Å². The third-order valence-corrected chi connectivity index (χ3v) is 6.87. The van der Waals surface area contributed by atoms with Gasteiger partial charge in [-0.3, -0.25) is 4.79 Å². The summed E-state index contributed by atoms with van der Waals surface area (Å²) in [5.41, 5.74) is 7.30. The number of carboxylic acids is 1. The standard InChI is InChI=1S/C21H26FNO3/c22-10-14(11-23)12-26-18-3-1-17(2-4-18)21-7-13-5-15(8-21)19(20(24)25)16(6-13)9-21/h1-4,10,13,15-16,19H,5-9,11-12,23H2,(H,24,25)/b14-10+. The Kier molecular flexibility index (Phi) is 4.51. The van der Waals surface area contributed by atoms with E-state index >= 15 is 0 Å². The van der Waals surface area contributed by atoms with Crippen LogP contribution in [0.1, 0.15) is 37.7 Å². The summed E-state index contributed by atoms with van der Waals surface area (Å²) in [4.78, 5) is 11.7. The minimum atomic E-state index is -0.602. The highest BCUT2D eigenvalue weighted by atomic mass is 19.1. The van der Waals surface area contributed by atoms with E-state index in [1.807, 2.05) is 12.1 Å². The van der Waals surface area contributed by atoms with E-state index in [2.05, 4.69) is 12.1 Å². The number of rotatable bonds is 6. The molecule has 1 aromatic carbocycles. The van der Waals surface area contributed by atoms with Crippen LogP contribution in [-0.4, -0.2) is 24.2 Å². The molecule has 4 nitrogen and oxygen atoms in total. The first-order valence-electron chi connectivity index (χ1n) is 9.49. The summed E-state index contributed by atoms with van der Waals surface area (Å²) in [7, 11) is 0. The van der Waals surface area contributed by atoms with Crippen molar-refractivity contribution in [2.45, 2.75) is 37.5 Å². The van der Waals surface area contributed by atoms with Crippen LogP contribution in [-0.2, 0) is 10.2 Å². The van der Waals surface area contributed by atoms with Crippen LogP contribution in [0.4, 0.5) is 4.39 Å². The minimum absolute atomic E-state index is 0.127. The Morgan fingerprint density at radius 2 is 1.88 bits per heavy atom. The molecule has 0 spiro atoms. The molecular weight excluding hydrogens is 333 g/mol. The molecule has 0 radical (unpaired) electrons. The van der Waals surface area contributed by atoms with Crippen LogP contribution in [0.2, 0.25) is 0 Å². The smallest absolute Gasteiger partial charge is 0.307 e. The van der Waals surface area contributed by atoms with Gasteiger partial charge < -0.3 is 15.6 Å². The first-order chi connectivity index (χ1) is 12.5. The monoisotopic (exact) mass is 359 g/mol. The summed E-state index contributed by atoms with van der Waals surface area (Å²) >= 11 is 0. The Balaban J connectivity index is 1.51. The number of aliphatic carboxylic acids is 1. The number of benzene rings is 1. The topological polar surface area (TPSA) is 72.5 Å². The second kappa shape index (κ2) is 6.69. The van der Waals surface area contributed by atoms with Crippen molar-refractivity contribution < 1.29 is 19.0 Å². The van der Waals surface area contributed by atoms with Crippen molar-refractivity contribution in [3.8, 4) is 5.75 Å². The summed E-state index contributed by atoms with van der Waals surface area (Å²) in [6.07, 6.45) is 5.80. The van der Waals surface area contributed by atoms with Gasteiger partial charge in [0.15, 0.2) is 0 Å². The average Bonchev–Trinajstić information content (AvgIpc) is 2.62. The Labute approximate surface area is 153 Å². The lowest BCUT2D eigenvalue weighted by Crippen LogP contribution is -2.54. The van der Waals surface area contributed by atoms with Gasteiger partial charge in [-0.2, -0.15) is 0 Å². The molecule has 0 saturated heterocycles. The average molecular weight is 359 g/mol. The van der Waals surface area contributed by atoms with E-state index in [9.17, 15) is 14.3 Å². The second-order valence-electron chi connectivity index (χ2n) is 8.40. The molecule has 2 atom stereocenters. The molecule has 26 heavy (non-hydrogen) atoms. The predicted molar refractivity (Wildman–Crippen MR) is 96.5 cm³/mol. The van der Waals surface area contributed by atoms with Gasteiger partial charge in [0.25, 0.3) is 0 Å². The van der Waals surface area contributed by atoms with Gasteiger partial charge in [0.1, 0.15) is 12.4 Å². The molecule has 4 fully saturated rings. The summed E-state index contributed by atoms with van der Waals surface area (Å²) < 4.78 is 18.2. The molecule has 1 aromatic rings.